The molecule has 248 valence electrons. The Morgan fingerprint density at radius 2 is 1.73 bits per heavy atom. The van der Waals surface area contributed by atoms with Crippen LogP contribution in [0.2, 0.25) is 0 Å². The number of likely N-dealkylation sites (tertiary alicyclic amines) is 1. The molecule has 0 radical (unpaired) electrons. The van der Waals surface area contributed by atoms with Crippen molar-refractivity contribution in [3.8, 4) is 5.75 Å². The molecule has 10 heteroatoms. The monoisotopic (exact) mass is 627 g/mol. The number of nitrogens with zero attached hydrogens (tertiary/aromatic N) is 1. The summed E-state index contributed by atoms with van der Waals surface area (Å²) in [6.45, 7) is 6.11. The number of hydrogen-bond acceptors (Lipinski definition) is 10. The summed E-state index contributed by atoms with van der Waals surface area (Å²) in [6, 6.07) is 7.07. The fraction of sp³-hybridized carbons (Fsp3) is 0.771. The minimum atomic E-state index is -0.947. The number of benzene rings is 1. The van der Waals surface area contributed by atoms with Crippen LogP contribution in [0.3, 0.4) is 0 Å². The van der Waals surface area contributed by atoms with Crippen molar-refractivity contribution >= 4 is 11.9 Å². The van der Waals surface area contributed by atoms with Crippen LogP contribution in [-0.4, -0.2) is 108 Å². The minimum absolute atomic E-state index is 0.0203. The highest BCUT2D eigenvalue weighted by atomic mass is 16.6. The van der Waals surface area contributed by atoms with Gasteiger partial charge in [0.05, 0.1) is 37.6 Å². The second-order valence-electron chi connectivity index (χ2n) is 14.4. The summed E-state index contributed by atoms with van der Waals surface area (Å²) in [6.07, 6.45) is 2.27. The van der Waals surface area contributed by atoms with E-state index in [1.165, 1.54) is 6.92 Å². The van der Waals surface area contributed by atoms with E-state index < -0.39 is 17.7 Å². The van der Waals surface area contributed by atoms with Gasteiger partial charge in [-0.1, -0.05) is 6.92 Å². The van der Waals surface area contributed by atoms with E-state index in [-0.39, 0.29) is 70.7 Å². The molecule has 3 unspecified atom stereocenters. The van der Waals surface area contributed by atoms with Gasteiger partial charge in [-0.15, -0.1) is 0 Å². The standard InChI is InChI=1S/C35H49NO9/c1-8-36-17-33(18-39-3)14-13-25(42-6)35-23-15-22-24(41-5)16-34(45-19(2)37,27(31(35)36)29(43-7)30(33)35)26(23)28(22)44-32(38)20-9-11-21(40-4)12-10-20/h9-12,22-31H,8,13-18H2,1-7H3/t22-,23-,24+,25+,26-,27?,28-,29+,30-,31?,33+,34-,35?/m1/s1. The third kappa shape index (κ3) is 3.98. The average molecular weight is 628 g/mol. The molecule has 6 aliphatic rings. The first-order valence-electron chi connectivity index (χ1n) is 16.6. The summed E-state index contributed by atoms with van der Waals surface area (Å²) in [5.74, 6) is -0.299. The van der Waals surface area contributed by atoms with Crippen LogP contribution in [0.4, 0.5) is 0 Å². The van der Waals surface area contributed by atoms with Crippen molar-refractivity contribution in [2.45, 2.75) is 75.6 Å². The number of carbonyl (C=O) groups excluding carboxylic acids is 2. The van der Waals surface area contributed by atoms with Gasteiger partial charge in [0.15, 0.2) is 0 Å². The van der Waals surface area contributed by atoms with Gasteiger partial charge in [0.25, 0.3) is 0 Å². The fourth-order valence-electron chi connectivity index (χ4n) is 12.4. The number of rotatable bonds is 10. The topological polar surface area (TPSA) is 102 Å². The molecule has 1 spiro atoms. The van der Waals surface area contributed by atoms with E-state index in [0.717, 1.165) is 32.4 Å². The Hall–Kier alpha value is -2.24. The molecular formula is C35H49NO9. The second-order valence-corrected chi connectivity index (χ2v) is 14.4. The number of carbonyl (C=O) groups is 2. The predicted octanol–water partition coefficient (Wildman–Crippen LogP) is 3.60. The van der Waals surface area contributed by atoms with Gasteiger partial charge in [-0.05, 0) is 56.0 Å². The van der Waals surface area contributed by atoms with E-state index in [4.69, 9.17) is 33.2 Å². The van der Waals surface area contributed by atoms with Gasteiger partial charge >= 0.3 is 11.9 Å². The van der Waals surface area contributed by atoms with Crippen LogP contribution in [0, 0.1) is 40.4 Å². The molecule has 0 N–H and O–H groups in total. The van der Waals surface area contributed by atoms with Crippen molar-refractivity contribution in [1.82, 2.24) is 4.90 Å². The number of ether oxygens (including phenoxy) is 7. The SMILES string of the molecule is CCN1C[C@]2(COC)CC[C@H](OC)C34C1C([C@H](OC)[C@@H]32)[C@@]1(OC(C)=O)C[C@H](OC)[C@H]2C[C@@H]4[C@@H]1[C@@H]2OC(=O)c1ccc(OC)cc1. The zero-order chi connectivity index (χ0) is 31.9. The molecule has 5 saturated carbocycles. The molecule has 1 aromatic carbocycles. The first kappa shape index (κ1) is 31.4. The first-order chi connectivity index (χ1) is 21.7. The molecule has 7 rings (SSSR count). The Labute approximate surface area is 266 Å². The lowest BCUT2D eigenvalue weighted by Crippen LogP contribution is -2.77. The Morgan fingerprint density at radius 1 is 0.978 bits per heavy atom. The van der Waals surface area contributed by atoms with E-state index in [9.17, 15) is 9.59 Å². The van der Waals surface area contributed by atoms with Crippen molar-refractivity contribution in [2.75, 3.05) is 55.2 Å². The van der Waals surface area contributed by atoms with Crippen molar-refractivity contribution in [3.63, 3.8) is 0 Å². The van der Waals surface area contributed by atoms with Crippen molar-refractivity contribution < 1.29 is 42.7 Å². The van der Waals surface area contributed by atoms with Gasteiger partial charge in [-0.3, -0.25) is 9.69 Å². The van der Waals surface area contributed by atoms with Gasteiger partial charge in [0, 0.05) is 88.9 Å². The predicted molar refractivity (Wildman–Crippen MR) is 163 cm³/mol. The van der Waals surface area contributed by atoms with E-state index in [0.29, 0.717) is 24.3 Å². The molecule has 6 fully saturated rings. The highest BCUT2D eigenvalue weighted by Gasteiger charge is 2.88. The Morgan fingerprint density at radius 3 is 2.33 bits per heavy atom. The van der Waals surface area contributed by atoms with E-state index in [1.54, 1.807) is 45.6 Å². The van der Waals surface area contributed by atoms with E-state index >= 15 is 0 Å². The molecule has 1 heterocycles. The molecule has 5 aliphatic carbocycles. The van der Waals surface area contributed by atoms with Crippen LogP contribution >= 0.6 is 0 Å². The third-order valence-corrected chi connectivity index (χ3v) is 13.2. The molecule has 1 aromatic rings. The summed E-state index contributed by atoms with van der Waals surface area (Å²) in [5, 5.41) is 0. The van der Waals surface area contributed by atoms with Crippen LogP contribution < -0.4 is 4.74 Å². The number of hydrogen-bond donors (Lipinski definition) is 0. The molecular weight excluding hydrogens is 578 g/mol. The number of methoxy groups -OCH3 is 5. The fourth-order valence-corrected chi connectivity index (χ4v) is 12.4. The lowest BCUT2D eigenvalue weighted by molar-refractivity contribution is -0.280. The van der Waals surface area contributed by atoms with Crippen molar-refractivity contribution in [1.29, 1.82) is 0 Å². The van der Waals surface area contributed by atoms with Crippen LogP contribution in [0.5, 0.6) is 5.75 Å². The Bertz CT molecular complexity index is 1310. The summed E-state index contributed by atoms with van der Waals surface area (Å²) >= 11 is 0. The van der Waals surface area contributed by atoms with E-state index in [2.05, 4.69) is 11.8 Å². The second kappa shape index (κ2) is 11.2. The highest BCUT2D eigenvalue weighted by Crippen LogP contribution is 2.80. The van der Waals surface area contributed by atoms with Crippen molar-refractivity contribution in [3.05, 3.63) is 29.8 Å². The van der Waals surface area contributed by atoms with Gasteiger partial charge in [-0.2, -0.15) is 0 Å². The third-order valence-electron chi connectivity index (χ3n) is 13.2. The quantitative estimate of drug-likeness (QED) is 0.358. The molecule has 13 atom stereocenters. The Kier molecular flexibility index (Phi) is 7.80. The molecule has 7 bridgehead atoms. The molecule has 1 aliphatic heterocycles. The Balaban J connectivity index is 1.43. The van der Waals surface area contributed by atoms with Gasteiger partial charge in [0.1, 0.15) is 17.5 Å². The highest BCUT2D eigenvalue weighted by molar-refractivity contribution is 5.89. The molecule has 0 amide bonds. The smallest absolute Gasteiger partial charge is 0.338 e. The van der Waals surface area contributed by atoms with Gasteiger partial charge in [-0.25, -0.2) is 4.79 Å². The summed E-state index contributed by atoms with van der Waals surface area (Å²) in [5.41, 5.74) is -0.937. The molecule has 0 aromatic heterocycles. The number of fused-ring (bicyclic) bond motifs is 2. The van der Waals surface area contributed by atoms with E-state index in [1.807, 2.05) is 14.2 Å². The zero-order valence-corrected chi connectivity index (χ0v) is 27.7. The molecule has 45 heavy (non-hydrogen) atoms. The van der Waals surface area contributed by atoms with Crippen LogP contribution in [-0.2, 0) is 33.2 Å². The summed E-state index contributed by atoms with van der Waals surface area (Å²) in [7, 11) is 8.77. The van der Waals surface area contributed by atoms with Crippen LogP contribution in [0.1, 0.15) is 49.9 Å². The lowest BCUT2D eigenvalue weighted by Gasteiger charge is -2.69. The summed E-state index contributed by atoms with van der Waals surface area (Å²) < 4.78 is 44.1. The van der Waals surface area contributed by atoms with Crippen molar-refractivity contribution in [2.24, 2.45) is 40.4 Å². The van der Waals surface area contributed by atoms with Crippen LogP contribution in [0.25, 0.3) is 0 Å². The first-order valence-corrected chi connectivity index (χ1v) is 16.6. The zero-order valence-electron chi connectivity index (χ0n) is 27.7. The normalized spacial score (nSPS) is 45.7. The number of esters is 2. The minimum Gasteiger partial charge on any atom is -0.497 e. The van der Waals surface area contributed by atoms with Gasteiger partial charge in [0.2, 0.25) is 0 Å². The number of piperidine rings is 1. The lowest BCUT2D eigenvalue weighted by atomic mass is 9.43. The van der Waals surface area contributed by atoms with Gasteiger partial charge < -0.3 is 33.2 Å². The maximum absolute atomic E-state index is 13.8. The molecule has 10 nitrogen and oxygen atoms in total. The van der Waals surface area contributed by atoms with Crippen LogP contribution in [0.15, 0.2) is 24.3 Å². The maximum atomic E-state index is 13.8. The summed E-state index contributed by atoms with van der Waals surface area (Å²) in [4.78, 5) is 29.7. The molecule has 1 saturated heterocycles. The maximum Gasteiger partial charge on any atom is 0.338 e. The average Bonchev–Trinajstić information content (AvgIpc) is 3.46. The largest absolute Gasteiger partial charge is 0.497 e.